The van der Waals surface area contributed by atoms with Gasteiger partial charge in [-0.1, -0.05) is 6.08 Å². The Balaban J connectivity index is 1.52. The Hall–Kier alpha value is -3.80. The predicted molar refractivity (Wildman–Crippen MR) is 139 cm³/mol. The van der Waals surface area contributed by atoms with Crippen molar-refractivity contribution in [3.05, 3.63) is 82.7 Å². The zero-order valence-electron chi connectivity index (χ0n) is 20.9. The monoisotopic (exact) mass is 456 g/mol. The fraction of sp³-hybridized carbons (Fsp3) is 0.286. The van der Waals surface area contributed by atoms with Gasteiger partial charge in [-0.25, -0.2) is 5.43 Å². The van der Waals surface area contributed by atoms with Crippen LogP contribution in [0.2, 0.25) is 0 Å². The van der Waals surface area contributed by atoms with E-state index in [1.54, 1.807) is 13.3 Å². The van der Waals surface area contributed by atoms with Crippen LogP contribution in [0.15, 0.2) is 59.7 Å². The van der Waals surface area contributed by atoms with Crippen molar-refractivity contribution < 1.29 is 9.53 Å². The molecule has 176 valence electrons. The van der Waals surface area contributed by atoms with Crippen molar-refractivity contribution >= 4 is 23.4 Å². The van der Waals surface area contributed by atoms with E-state index in [9.17, 15) is 4.79 Å². The lowest BCUT2D eigenvalue weighted by molar-refractivity contribution is 0.0955. The SMILES string of the molecule is COc1cc2c(cc1/C=N\NC(=O)c1ccc(-n3c(C)ccc3C)cc1)C(C)=CC(C)(C)N2C. The molecule has 2 heterocycles. The van der Waals surface area contributed by atoms with Gasteiger partial charge in [0.25, 0.3) is 5.91 Å². The molecular weight excluding hydrogens is 424 g/mol. The van der Waals surface area contributed by atoms with Gasteiger partial charge in [0.15, 0.2) is 0 Å². The van der Waals surface area contributed by atoms with Crippen molar-refractivity contribution in [2.45, 2.75) is 40.2 Å². The Morgan fingerprint density at radius 2 is 1.68 bits per heavy atom. The van der Waals surface area contributed by atoms with Crippen LogP contribution in [0, 0.1) is 13.8 Å². The zero-order chi connectivity index (χ0) is 24.6. The highest BCUT2D eigenvalue weighted by Crippen LogP contribution is 2.40. The second-order valence-corrected chi connectivity index (χ2v) is 9.35. The Labute approximate surface area is 201 Å². The van der Waals surface area contributed by atoms with E-state index in [1.165, 1.54) is 5.57 Å². The molecule has 0 fully saturated rings. The first-order valence-electron chi connectivity index (χ1n) is 11.4. The fourth-order valence-electron chi connectivity index (χ4n) is 4.53. The maximum absolute atomic E-state index is 12.6. The first-order valence-corrected chi connectivity index (χ1v) is 11.4. The summed E-state index contributed by atoms with van der Waals surface area (Å²) in [6.07, 6.45) is 3.88. The summed E-state index contributed by atoms with van der Waals surface area (Å²) in [5, 5.41) is 4.21. The van der Waals surface area contributed by atoms with Crippen LogP contribution in [-0.2, 0) is 0 Å². The summed E-state index contributed by atoms with van der Waals surface area (Å²) in [5.41, 5.74) is 10.7. The van der Waals surface area contributed by atoms with Crippen LogP contribution in [-0.4, -0.2) is 36.4 Å². The standard InChI is InChI=1S/C28H32N4O2/c1-18-16-28(4,5)31(6)25-15-26(34-7)22(14-24(18)25)17-29-30-27(33)21-10-12-23(13-11-21)32-19(2)8-9-20(32)3/h8-17H,1-7H3,(H,30,33)/b29-17-. The molecule has 0 bridgehead atoms. The Bertz CT molecular complexity index is 1280. The van der Waals surface area contributed by atoms with E-state index < -0.39 is 0 Å². The number of hydrogen-bond donors (Lipinski definition) is 1. The van der Waals surface area contributed by atoms with E-state index in [2.05, 4.69) is 85.9 Å². The molecule has 1 aromatic heterocycles. The number of hydrazone groups is 1. The fourth-order valence-corrected chi connectivity index (χ4v) is 4.53. The summed E-state index contributed by atoms with van der Waals surface area (Å²) in [6, 6.07) is 15.7. The number of ether oxygens (including phenoxy) is 1. The lowest BCUT2D eigenvalue weighted by Gasteiger charge is -2.40. The van der Waals surface area contributed by atoms with Gasteiger partial charge in [0.2, 0.25) is 0 Å². The highest BCUT2D eigenvalue weighted by atomic mass is 16.5. The summed E-state index contributed by atoms with van der Waals surface area (Å²) < 4.78 is 7.77. The molecule has 6 heteroatoms. The maximum atomic E-state index is 12.6. The van der Waals surface area contributed by atoms with Crippen LogP contribution in [0.3, 0.4) is 0 Å². The molecule has 34 heavy (non-hydrogen) atoms. The highest BCUT2D eigenvalue weighted by Gasteiger charge is 2.29. The second-order valence-electron chi connectivity index (χ2n) is 9.35. The first kappa shape index (κ1) is 23.4. The number of aromatic nitrogens is 1. The number of carbonyl (C=O) groups excluding carboxylic acids is 1. The molecular formula is C28H32N4O2. The van der Waals surface area contributed by atoms with Crippen molar-refractivity contribution in [3.63, 3.8) is 0 Å². The second kappa shape index (κ2) is 8.86. The largest absolute Gasteiger partial charge is 0.496 e. The first-order chi connectivity index (χ1) is 16.1. The molecule has 1 amide bonds. The summed E-state index contributed by atoms with van der Waals surface area (Å²) in [5.74, 6) is 0.439. The van der Waals surface area contributed by atoms with Crippen LogP contribution in [0.5, 0.6) is 5.75 Å². The van der Waals surface area contributed by atoms with Crippen LogP contribution in [0.25, 0.3) is 11.3 Å². The maximum Gasteiger partial charge on any atom is 0.271 e. The van der Waals surface area contributed by atoms with Crippen molar-refractivity contribution in [1.82, 2.24) is 9.99 Å². The van der Waals surface area contributed by atoms with E-state index in [0.29, 0.717) is 11.3 Å². The van der Waals surface area contributed by atoms with Gasteiger partial charge < -0.3 is 14.2 Å². The quantitative estimate of drug-likeness (QED) is 0.407. The van der Waals surface area contributed by atoms with Crippen LogP contribution in [0.1, 0.15) is 53.6 Å². The molecule has 1 aliphatic rings. The number of likely N-dealkylation sites (N-methyl/N-ethyl adjacent to an activating group) is 1. The Kier molecular flexibility index (Phi) is 6.09. The van der Waals surface area contributed by atoms with E-state index in [1.807, 2.05) is 30.3 Å². The molecule has 3 aromatic rings. The van der Waals surface area contributed by atoms with Crippen molar-refractivity contribution in [2.75, 3.05) is 19.1 Å². The molecule has 0 radical (unpaired) electrons. The normalized spacial score (nSPS) is 14.7. The van der Waals surface area contributed by atoms with Crippen LogP contribution >= 0.6 is 0 Å². The number of benzene rings is 2. The third-order valence-electron chi connectivity index (χ3n) is 6.60. The molecule has 0 unspecified atom stereocenters. The van der Waals surface area contributed by atoms with Gasteiger partial charge >= 0.3 is 0 Å². The van der Waals surface area contributed by atoms with Crippen molar-refractivity contribution in [2.24, 2.45) is 5.10 Å². The molecule has 0 aliphatic carbocycles. The predicted octanol–water partition coefficient (Wildman–Crippen LogP) is 5.50. The van der Waals surface area contributed by atoms with Gasteiger partial charge in [-0.3, -0.25) is 4.79 Å². The van der Waals surface area contributed by atoms with Gasteiger partial charge in [0, 0.05) is 52.6 Å². The number of amides is 1. The van der Waals surface area contributed by atoms with E-state index in [4.69, 9.17) is 4.74 Å². The number of nitrogens with one attached hydrogen (secondary N) is 1. The lowest BCUT2D eigenvalue weighted by atomic mass is 9.88. The van der Waals surface area contributed by atoms with Gasteiger partial charge in [-0.2, -0.15) is 5.10 Å². The molecule has 0 saturated heterocycles. The van der Waals surface area contributed by atoms with E-state index in [-0.39, 0.29) is 11.4 Å². The number of methoxy groups -OCH3 is 1. The number of allylic oxidation sites excluding steroid dienone is 1. The van der Waals surface area contributed by atoms with Gasteiger partial charge in [0.1, 0.15) is 5.75 Å². The Morgan fingerprint density at radius 3 is 2.29 bits per heavy atom. The smallest absolute Gasteiger partial charge is 0.271 e. The molecule has 1 aliphatic heterocycles. The van der Waals surface area contributed by atoms with Gasteiger partial charge in [-0.15, -0.1) is 0 Å². The number of rotatable bonds is 5. The lowest BCUT2D eigenvalue weighted by Crippen LogP contribution is -2.42. The third kappa shape index (κ3) is 4.23. The molecule has 6 nitrogen and oxygen atoms in total. The van der Waals surface area contributed by atoms with E-state index >= 15 is 0 Å². The number of nitrogens with zero attached hydrogens (tertiary/aromatic N) is 3. The number of carbonyl (C=O) groups is 1. The van der Waals surface area contributed by atoms with Crippen molar-refractivity contribution in [3.8, 4) is 11.4 Å². The number of anilines is 1. The molecule has 0 spiro atoms. The molecule has 4 rings (SSSR count). The molecule has 2 aromatic carbocycles. The average molecular weight is 457 g/mol. The van der Waals surface area contributed by atoms with Crippen molar-refractivity contribution in [1.29, 1.82) is 0 Å². The Morgan fingerprint density at radius 1 is 1.03 bits per heavy atom. The molecule has 0 saturated carbocycles. The van der Waals surface area contributed by atoms with Crippen LogP contribution < -0.4 is 15.1 Å². The summed E-state index contributed by atoms with van der Waals surface area (Å²) >= 11 is 0. The minimum absolute atomic E-state index is 0.0834. The van der Waals surface area contributed by atoms with Gasteiger partial charge in [0.05, 0.1) is 18.9 Å². The summed E-state index contributed by atoms with van der Waals surface area (Å²) in [6.45, 7) is 10.6. The molecule has 1 N–H and O–H groups in total. The average Bonchev–Trinajstić information content (AvgIpc) is 3.14. The zero-order valence-corrected chi connectivity index (χ0v) is 20.9. The number of aryl methyl sites for hydroxylation is 2. The highest BCUT2D eigenvalue weighted by molar-refractivity contribution is 5.96. The van der Waals surface area contributed by atoms with E-state index in [0.717, 1.165) is 33.9 Å². The van der Waals surface area contributed by atoms with Crippen LogP contribution in [0.4, 0.5) is 5.69 Å². The summed E-state index contributed by atoms with van der Waals surface area (Å²) in [7, 11) is 3.73. The number of fused-ring (bicyclic) bond motifs is 1. The minimum Gasteiger partial charge on any atom is -0.496 e. The summed E-state index contributed by atoms with van der Waals surface area (Å²) in [4.78, 5) is 14.9. The third-order valence-corrected chi connectivity index (χ3v) is 6.60. The minimum atomic E-state index is -0.266. The van der Waals surface area contributed by atoms with Gasteiger partial charge in [-0.05, 0) is 82.7 Å². The molecule has 0 atom stereocenters. The topological polar surface area (TPSA) is 58.9 Å². The number of hydrogen-bond acceptors (Lipinski definition) is 4.